The maximum atomic E-state index is 6.15. The van der Waals surface area contributed by atoms with E-state index in [-0.39, 0.29) is 0 Å². The molecule has 0 radical (unpaired) electrons. The van der Waals surface area contributed by atoms with Gasteiger partial charge in [0.25, 0.3) is 0 Å². The zero-order valence-electron chi connectivity index (χ0n) is 18.0. The fourth-order valence-corrected chi connectivity index (χ4v) is 3.34. The molecule has 5 nitrogen and oxygen atoms in total. The van der Waals surface area contributed by atoms with Gasteiger partial charge in [-0.15, -0.1) is 0 Å². The van der Waals surface area contributed by atoms with E-state index in [1.165, 1.54) is 0 Å². The SMILES string of the molecule is COc1cc(CN)cc(-c2ccc(OCc3ccccc3)nc2OCc2ccccc2)c1. The number of pyridine rings is 1. The van der Waals surface area contributed by atoms with Crippen LogP contribution >= 0.6 is 0 Å². The Labute approximate surface area is 188 Å². The van der Waals surface area contributed by atoms with E-state index >= 15 is 0 Å². The third-order valence-electron chi connectivity index (χ3n) is 5.03. The number of ether oxygens (including phenoxy) is 3. The van der Waals surface area contributed by atoms with Crippen molar-refractivity contribution >= 4 is 0 Å². The van der Waals surface area contributed by atoms with Crippen molar-refractivity contribution in [3.05, 3.63) is 108 Å². The highest BCUT2D eigenvalue weighted by atomic mass is 16.5. The fourth-order valence-electron chi connectivity index (χ4n) is 3.34. The van der Waals surface area contributed by atoms with Crippen LogP contribution in [-0.4, -0.2) is 12.1 Å². The number of hydrogen-bond donors (Lipinski definition) is 1. The third-order valence-corrected chi connectivity index (χ3v) is 5.03. The zero-order valence-corrected chi connectivity index (χ0v) is 18.0. The molecule has 0 unspecified atom stereocenters. The molecule has 1 aromatic heterocycles. The van der Waals surface area contributed by atoms with Crippen LogP contribution in [0.4, 0.5) is 0 Å². The Morgan fingerprint density at radius 2 is 1.38 bits per heavy atom. The van der Waals surface area contributed by atoms with Crippen LogP contribution in [0, 0.1) is 0 Å². The number of hydrogen-bond acceptors (Lipinski definition) is 5. The van der Waals surface area contributed by atoms with Crippen LogP contribution in [0.25, 0.3) is 11.1 Å². The smallest absolute Gasteiger partial charge is 0.225 e. The molecule has 0 amide bonds. The summed E-state index contributed by atoms with van der Waals surface area (Å²) in [5.74, 6) is 1.74. The molecule has 162 valence electrons. The zero-order chi connectivity index (χ0) is 22.2. The Hall–Kier alpha value is -3.83. The summed E-state index contributed by atoms with van der Waals surface area (Å²) in [6, 6.07) is 29.7. The first-order valence-corrected chi connectivity index (χ1v) is 10.5. The maximum Gasteiger partial charge on any atom is 0.225 e. The van der Waals surface area contributed by atoms with Crippen molar-refractivity contribution in [2.24, 2.45) is 5.73 Å². The van der Waals surface area contributed by atoms with Gasteiger partial charge in [-0.3, -0.25) is 0 Å². The summed E-state index contributed by atoms with van der Waals surface area (Å²) in [5, 5.41) is 0. The summed E-state index contributed by atoms with van der Waals surface area (Å²) in [5.41, 5.74) is 10.8. The first kappa shape index (κ1) is 21.4. The monoisotopic (exact) mass is 426 g/mol. The van der Waals surface area contributed by atoms with Gasteiger partial charge in [0.15, 0.2) is 0 Å². The number of rotatable bonds is 9. The van der Waals surface area contributed by atoms with Gasteiger partial charge < -0.3 is 19.9 Å². The van der Waals surface area contributed by atoms with E-state index in [0.29, 0.717) is 31.5 Å². The van der Waals surface area contributed by atoms with Crippen molar-refractivity contribution in [2.75, 3.05) is 7.11 Å². The molecule has 0 saturated heterocycles. The lowest BCUT2D eigenvalue weighted by atomic mass is 10.0. The first-order valence-electron chi connectivity index (χ1n) is 10.5. The molecule has 0 aliphatic heterocycles. The van der Waals surface area contributed by atoms with Crippen molar-refractivity contribution < 1.29 is 14.2 Å². The first-order chi connectivity index (χ1) is 15.7. The lowest BCUT2D eigenvalue weighted by molar-refractivity contribution is 0.268. The van der Waals surface area contributed by atoms with E-state index in [0.717, 1.165) is 33.6 Å². The Morgan fingerprint density at radius 1 is 0.719 bits per heavy atom. The molecular formula is C27H26N2O3. The molecular weight excluding hydrogens is 400 g/mol. The quantitative estimate of drug-likeness (QED) is 0.390. The van der Waals surface area contributed by atoms with Crippen LogP contribution < -0.4 is 19.9 Å². The Balaban J connectivity index is 1.65. The van der Waals surface area contributed by atoms with Gasteiger partial charge in [0, 0.05) is 18.2 Å². The highest BCUT2D eigenvalue weighted by Gasteiger charge is 2.13. The minimum absolute atomic E-state index is 0.399. The summed E-state index contributed by atoms with van der Waals surface area (Å²) in [6.07, 6.45) is 0. The van der Waals surface area contributed by atoms with E-state index < -0.39 is 0 Å². The minimum atomic E-state index is 0.399. The van der Waals surface area contributed by atoms with Gasteiger partial charge in [-0.05, 0) is 46.5 Å². The Kier molecular flexibility index (Phi) is 7.00. The maximum absolute atomic E-state index is 6.15. The van der Waals surface area contributed by atoms with Gasteiger partial charge in [0.1, 0.15) is 19.0 Å². The molecule has 1 heterocycles. The Bertz CT molecular complexity index is 1130. The predicted octanol–water partition coefficient (Wildman–Crippen LogP) is 5.37. The summed E-state index contributed by atoms with van der Waals surface area (Å²) in [7, 11) is 1.64. The summed E-state index contributed by atoms with van der Waals surface area (Å²) in [4.78, 5) is 4.67. The van der Waals surface area contributed by atoms with Crippen LogP contribution in [0.15, 0.2) is 91.0 Å². The summed E-state index contributed by atoms with van der Waals surface area (Å²) < 4.78 is 17.5. The topological polar surface area (TPSA) is 66.6 Å². The van der Waals surface area contributed by atoms with Gasteiger partial charge >= 0.3 is 0 Å². The summed E-state index contributed by atoms with van der Waals surface area (Å²) in [6.45, 7) is 1.24. The van der Waals surface area contributed by atoms with Crippen molar-refractivity contribution in [1.29, 1.82) is 0 Å². The molecule has 0 aliphatic carbocycles. The molecule has 2 N–H and O–H groups in total. The van der Waals surface area contributed by atoms with Crippen LogP contribution in [0.1, 0.15) is 16.7 Å². The molecule has 0 fully saturated rings. The minimum Gasteiger partial charge on any atom is -0.497 e. The number of nitrogens with zero attached hydrogens (tertiary/aromatic N) is 1. The molecule has 0 spiro atoms. The molecule has 0 aliphatic rings. The normalized spacial score (nSPS) is 10.6. The molecule has 4 rings (SSSR count). The Morgan fingerprint density at radius 3 is 2.00 bits per heavy atom. The van der Waals surface area contributed by atoms with Crippen LogP contribution in [0.5, 0.6) is 17.5 Å². The van der Waals surface area contributed by atoms with Crippen molar-refractivity contribution in [3.8, 4) is 28.6 Å². The number of nitrogens with two attached hydrogens (primary N) is 1. The van der Waals surface area contributed by atoms with E-state index in [1.54, 1.807) is 7.11 Å². The van der Waals surface area contributed by atoms with Crippen molar-refractivity contribution in [2.45, 2.75) is 19.8 Å². The van der Waals surface area contributed by atoms with Crippen LogP contribution in [0.2, 0.25) is 0 Å². The molecule has 0 saturated carbocycles. The number of aromatic nitrogens is 1. The van der Waals surface area contributed by atoms with Gasteiger partial charge in [-0.25, -0.2) is 0 Å². The predicted molar refractivity (Wildman–Crippen MR) is 126 cm³/mol. The lowest BCUT2D eigenvalue weighted by Gasteiger charge is -2.15. The number of methoxy groups -OCH3 is 1. The van der Waals surface area contributed by atoms with Gasteiger partial charge in [0.2, 0.25) is 11.8 Å². The van der Waals surface area contributed by atoms with Crippen LogP contribution in [-0.2, 0) is 19.8 Å². The molecule has 4 aromatic rings. The third kappa shape index (κ3) is 5.45. The van der Waals surface area contributed by atoms with E-state index in [2.05, 4.69) is 4.98 Å². The second-order valence-corrected chi connectivity index (χ2v) is 7.32. The van der Waals surface area contributed by atoms with Gasteiger partial charge in [0.05, 0.1) is 7.11 Å². The van der Waals surface area contributed by atoms with Crippen LogP contribution in [0.3, 0.4) is 0 Å². The average Bonchev–Trinajstić information content (AvgIpc) is 2.87. The van der Waals surface area contributed by atoms with Gasteiger partial charge in [-0.2, -0.15) is 4.98 Å². The summed E-state index contributed by atoms with van der Waals surface area (Å²) >= 11 is 0. The number of benzene rings is 3. The molecule has 0 atom stereocenters. The molecule has 0 bridgehead atoms. The molecule has 5 heteroatoms. The van der Waals surface area contributed by atoms with E-state index in [1.807, 2.05) is 91.0 Å². The van der Waals surface area contributed by atoms with Crippen molar-refractivity contribution in [3.63, 3.8) is 0 Å². The van der Waals surface area contributed by atoms with Gasteiger partial charge in [-0.1, -0.05) is 60.7 Å². The van der Waals surface area contributed by atoms with E-state index in [9.17, 15) is 0 Å². The van der Waals surface area contributed by atoms with Crippen molar-refractivity contribution in [1.82, 2.24) is 4.98 Å². The lowest BCUT2D eigenvalue weighted by Crippen LogP contribution is -2.03. The highest BCUT2D eigenvalue weighted by molar-refractivity contribution is 5.71. The highest BCUT2D eigenvalue weighted by Crippen LogP contribution is 2.34. The standard InChI is InChI=1S/C27H26N2O3/c1-30-24-15-22(17-28)14-23(16-24)25-12-13-26(31-18-20-8-4-2-5-9-20)29-27(25)32-19-21-10-6-3-7-11-21/h2-16H,17-19,28H2,1H3. The molecule has 3 aromatic carbocycles. The molecule has 32 heavy (non-hydrogen) atoms. The second-order valence-electron chi connectivity index (χ2n) is 7.32. The second kappa shape index (κ2) is 10.5. The largest absolute Gasteiger partial charge is 0.497 e. The fraction of sp³-hybridized carbons (Fsp3) is 0.148. The average molecular weight is 427 g/mol. The van der Waals surface area contributed by atoms with E-state index in [4.69, 9.17) is 19.9 Å².